The molecule has 3 aromatic rings. The van der Waals surface area contributed by atoms with Crippen LogP contribution in [0.4, 0.5) is 4.79 Å². The van der Waals surface area contributed by atoms with E-state index in [2.05, 4.69) is 0 Å². The minimum absolute atomic E-state index is 0.125. The highest BCUT2D eigenvalue weighted by molar-refractivity contribution is 6.30. The summed E-state index contributed by atoms with van der Waals surface area (Å²) in [5.74, 6) is 0. The summed E-state index contributed by atoms with van der Waals surface area (Å²) in [6.07, 6.45) is 1.94. The van der Waals surface area contributed by atoms with E-state index in [0.717, 1.165) is 29.5 Å². The molecule has 1 aromatic heterocycles. The Balaban J connectivity index is 1.66. The monoisotopic (exact) mass is 453 g/mol. The molecule has 1 aliphatic heterocycles. The fourth-order valence-corrected chi connectivity index (χ4v) is 4.27. The lowest BCUT2D eigenvalue weighted by atomic mass is 10.0. The van der Waals surface area contributed by atoms with Gasteiger partial charge in [-0.2, -0.15) is 5.10 Å². The molecule has 4 rings (SSSR count). The fourth-order valence-electron chi connectivity index (χ4n) is 4.14. The highest BCUT2D eigenvalue weighted by Crippen LogP contribution is 2.23. The smallest absolute Gasteiger partial charge is 0.410 e. The van der Waals surface area contributed by atoms with Gasteiger partial charge in [-0.3, -0.25) is 4.79 Å². The summed E-state index contributed by atoms with van der Waals surface area (Å²) in [7, 11) is 0. The Kier molecular flexibility index (Phi) is 6.24. The second-order valence-electron chi connectivity index (χ2n) is 9.25. The molecule has 0 spiro atoms. The van der Waals surface area contributed by atoms with E-state index in [1.807, 2.05) is 69.3 Å². The van der Waals surface area contributed by atoms with Crippen LogP contribution < -0.4 is 5.56 Å². The lowest BCUT2D eigenvalue weighted by Gasteiger charge is -2.28. The standard InChI is InChI=1S/C25H28ClN3O3/c1-25(2,3)32-24(31)28-14-6-7-19(28)16-29-23(30)21-9-5-4-8-20(21)22(27-29)15-17-10-12-18(26)13-11-17/h4-5,8-13,19H,6-7,14-16H2,1-3H3/t19-/m1/s1. The summed E-state index contributed by atoms with van der Waals surface area (Å²) in [4.78, 5) is 27.6. The number of fused-ring (bicyclic) bond motifs is 1. The summed E-state index contributed by atoms with van der Waals surface area (Å²) >= 11 is 6.03. The Bertz CT molecular complexity index is 1180. The average molecular weight is 454 g/mol. The van der Waals surface area contributed by atoms with Crippen molar-refractivity contribution in [1.82, 2.24) is 14.7 Å². The van der Waals surface area contributed by atoms with Crippen molar-refractivity contribution in [3.8, 4) is 0 Å². The van der Waals surface area contributed by atoms with Gasteiger partial charge in [0.15, 0.2) is 0 Å². The van der Waals surface area contributed by atoms with Crippen molar-refractivity contribution in [2.45, 2.75) is 58.2 Å². The Labute approximate surface area is 192 Å². The minimum Gasteiger partial charge on any atom is -0.444 e. The van der Waals surface area contributed by atoms with Crippen LogP contribution in [0.1, 0.15) is 44.9 Å². The number of halogens is 1. The number of hydrogen-bond donors (Lipinski definition) is 0. The molecule has 2 aromatic carbocycles. The van der Waals surface area contributed by atoms with Crippen LogP contribution in [0.25, 0.3) is 10.8 Å². The maximum absolute atomic E-state index is 13.2. The normalized spacial score (nSPS) is 16.5. The molecule has 0 bridgehead atoms. The molecule has 0 saturated carbocycles. The second-order valence-corrected chi connectivity index (χ2v) is 9.69. The van der Waals surface area contributed by atoms with Gasteiger partial charge in [0.05, 0.1) is 23.7 Å². The zero-order valence-electron chi connectivity index (χ0n) is 18.7. The summed E-state index contributed by atoms with van der Waals surface area (Å²) in [5, 5.41) is 6.90. The van der Waals surface area contributed by atoms with E-state index in [4.69, 9.17) is 21.4 Å². The van der Waals surface area contributed by atoms with Crippen LogP contribution in [-0.4, -0.2) is 39.0 Å². The van der Waals surface area contributed by atoms with Gasteiger partial charge >= 0.3 is 6.09 Å². The number of amides is 1. The van der Waals surface area contributed by atoms with Gasteiger partial charge < -0.3 is 9.64 Å². The molecular weight excluding hydrogens is 426 g/mol. The van der Waals surface area contributed by atoms with Crippen molar-refractivity contribution in [3.63, 3.8) is 0 Å². The highest BCUT2D eigenvalue weighted by atomic mass is 35.5. The molecule has 0 unspecified atom stereocenters. The third-order valence-electron chi connectivity index (χ3n) is 5.62. The first kappa shape index (κ1) is 22.3. The zero-order chi connectivity index (χ0) is 22.9. The SMILES string of the molecule is CC(C)(C)OC(=O)N1CCC[C@@H]1Cn1nc(Cc2ccc(Cl)cc2)c2ccccc2c1=O. The lowest BCUT2D eigenvalue weighted by molar-refractivity contribution is 0.0210. The topological polar surface area (TPSA) is 64.4 Å². The Morgan fingerprint density at radius 3 is 2.50 bits per heavy atom. The number of ether oxygens (including phenoxy) is 1. The quantitative estimate of drug-likeness (QED) is 0.555. The van der Waals surface area contributed by atoms with Gasteiger partial charge in [0.1, 0.15) is 5.60 Å². The van der Waals surface area contributed by atoms with Gasteiger partial charge in [-0.15, -0.1) is 0 Å². The van der Waals surface area contributed by atoms with Gasteiger partial charge in [-0.1, -0.05) is 41.9 Å². The van der Waals surface area contributed by atoms with E-state index < -0.39 is 5.60 Å². The first-order valence-corrected chi connectivity index (χ1v) is 11.3. The predicted octanol–water partition coefficient (Wildman–Crippen LogP) is 5.04. The largest absolute Gasteiger partial charge is 0.444 e. The highest BCUT2D eigenvalue weighted by Gasteiger charge is 2.33. The van der Waals surface area contributed by atoms with Crippen molar-refractivity contribution in [1.29, 1.82) is 0 Å². The fraction of sp³-hybridized carbons (Fsp3) is 0.400. The van der Waals surface area contributed by atoms with E-state index in [0.29, 0.717) is 29.9 Å². The third-order valence-corrected chi connectivity index (χ3v) is 5.87. The van der Waals surface area contributed by atoms with E-state index in [9.17, 15) is 9.59 Å². The van der Waals surface area contributed by atoms with Crippen LogP contribution in [0.2, 0.25) is 5.02 Å². The van der Waals surface area contributed by atoms with Crippen LogP contribution in [0.3, 0.4) is 0 Å². The maximum atomic E-state index is 13.2. The molecule has 1 fully saturated rings. The number of hydrogen-bond acceptors (Lipinski definition) is 4. The summed E-state index contributed by atoms with van der Waals surface area (Å²) < 4.78 is 7.09. The van der Waals surface area contributed by atoms with Crippen molar-refractivity contribution >= 4 is 28.5 Å². The number of nitrogens with zero attached hydrogens (tertiary/aromatic N) is 3. The molecule has 0 aliphatic carbocycles. The molecule has 1 atom stereocenters. The van der Waals surface area contributed by atoms with Crippen molar-refractivity contribution in [2.75, 3.05) is 6.54 Å². The maximum Gasteiger partial charge on any atom is 0.410 e. The number of rotatable bonds is 4. The Hall–Kier alpha value is -2.86. The summed E-state index contributed by atoms with van der Waals surface area (Å²) in [5.41, 5.74) is 1.18. The molecule has 1 aliphatic rings. The Morgan fingerprint density at radius 2 is 1.81 bits per heavy atom. The molecule has 7 heteroatoms. The molecule has 1 saturated heterocycles. The van der Waals surface area contributed by atoms with Crippen molar-refractivity contribution in [3.05, 3.63) is 75.2 Å². The predicted molar refractivity (Wildman–Crippen MR) is 126 cm³/mol. The average Bonchev–Trinajstić information content (AvgIpc) is 3.20. The number of likely N-dealkylation sites (tertiary alicyclic amines) is 1. The van der Waals surface area contributed by atoms with Crippen molar-refractivity contribution in [2.24, 2.45) is 0 Å². The number of carbonyl (C=O) groups is 1. The van der Waals surface area contributed by atoms with Crippen LogP contribution in [0.5, 0.6) is 0 Å². The van der Waals surface area contributed by atoms with E-state index in [1.165, 1.54) is 4.68 Å². The number of aromatic nitrogens is 2. The van der Waals surface area contributed by atoms with Crippen LogP contribution in [-0.2, 0) is 17.7 Å². The first-order chi connectivity index (χ1) is 15.2. The number of carbonyl (C=O) groups excluding carboxylic acids is 1. The van der Waals surface area contributed by atoms with E-state index >= 15 is 0 Å². The van der Waals surface area contributed by atoms with E-state index in [1.54, 1.807) is 4.90 Å². The third kappa shape index (κ3) is 4.96. The van der Waals surface area contributed by atoms with Crippen LogP contribution in [0, 0.1) is 0 Å². The molecular formula is C25H28ClN3O3. The number of benzene rings is 2. The van der Waals surface area contributed by atoms with Crippen LogP contribution in [0.15, 0.2) is 53.3 Å². The van der Waals surface area contributed by atoms with Gasteiger partial charge in [-0.25, -0.2) is 9.48 Å². The van der Waals surface area contributed by atoms with Gasteiger partial charge in [0.2, 0.25) is 0 Å². The van der Waals surface area contributed by atoms with Crippen LogP contribution >= 0.6 is 11.6 Å². The molecule has 6 nitrogen and oxygen atoms in total. The molecule has 168 valence electrons. The summed E-state index contributed by atoms with van der Waals surface area (Å²) in [6, 6.07) is 15.1. The molecule has 0 radical (unpaired) electrons. The van der Waals surface area contributed by atoms with Crippen molar-refractivity contribution < 1.29 is 9.53 Å². The van der Waals surface area contributed by atoms with E-state index in [-0.39, 0.29) is 17.7 Å². The van der Waals surface area contributed by atoms with Gasteiger partial charge in [-0.05, 0) is 57.4 Å². The van der Waals surface area contributed by atoms with Gasteiger partial charge in [0.25, 0.3) is 5.56 Å². The molecule has 0 N–H and O–H groups in total. The molecule has 1 amide bonds. The molecule has 2 heterocycles. The minimum atomic E-state index is -0.561. The first-order valence-electron chi connectivity index (χ1n) is 10.9. The lowest BCUT2D eigenvalue weighted by Crippen LogP contribution is -2.43. The second kappa shape index (κ2) is 8.94. The summed E-state index contributed by atoms with van der Waals surface area (Å²) in [6.45, 7) is 6.54. The molecule has 32 heavy (non-hydrogen) atoms. The van der Waals surface area contributed by atoms with Gasteiger partial charge in [0, 0.05) is 23.4 Å². The Morgan fingerprint density at radius 1 is 1.12 bits per heavy atom. The zero-order valence-corrected chi connectivity index (χ0v) is 19.4.